The minimum absolute atomic E-state index is 0.0815. The van der Waals surface area contributed by atoms with Gasteiger partial charge in [0.15, 0.2) is 0 Å². The van der Waals surface area contributed by atoms with Gasteiger partial charge in [0, 0.05) is 36.0 Å². The molecule has 8 heteroatoms. The molecule has 2 unspecified atom stereocenters. The molecule has 2 atom stereocenters. The van der Waals surface area contributed by atoms with E-state index in [1.807, 2.05) is 81.7 Å². The van der Waals surface area contributed by atoms with Crippen LogP contribution in [0.25, 0.3) is 44.8 Å². The predicted octanol–water partition coefficient (Wildman–Crippen LogP) is 12.0. The zero-order valence-electron chi connectivity index (χ0n) is 34.3. The molecule has 0 bridgehead atoms. The number of aromatic amines is 2. The maximum absolute atomic E-state index is 13.4. The number of nitrogens with zero attached hydrogens (tertiary/aromatic N) is 3. The Morgan fingerprint density at radius 1 is 0.633 bits per heavy atom. The number of carbonyl (C=O) groups excluding carboxylic acids is 1. The van der Waals surface area contributed by atoms with Gasteiger partial charge in [0.1, 0.15) is 17.2 Å². The summed E-state index contributed by atoms with van der Waals surface area (Å²) in [4.78, 5) is 31.9. The highest BCUT2D eigenvalue weighted by Gasteiger charge is 2.26. The molecule has 0 spiro atoms. The maximum Gasteiger partial charge on any atom is 0.410 e. The monoisotopic (exact) mass is 790 g/mol. The van der Waals surface area contributed by atoms with Gasteiger partial charge in [0.25, 0.3) is 0 Å². The van der Waals surface area contributed by atoms with Crippen molar-refractivity contribution < 1.29 is 9.53 Å². The van der Waals surface area contributed by atoms with Gasteiger partial charge in [-0.25, -0.2) is 14.8 Å². The Hall–Kier alpha value is -7.03. The number of ether oxygens (including phenoxy) is 1. The minimum Gasteiger partial charge on any atom is -0.444 e. The molecule has 2 heterocycles. The number of amides is 1. The Labute approximate surface area is 352 Å². The van der Waals surface area contributed by atoms with Gasteiger partial charge in [-0.2, -0.15) is 0 Å². The van der Waals surface area contributed by atoms with Crippen LogP contribution in [0.1, 0.15) is 67.5 Å². The number of nitrogens with two attached hydrogens (primary N) is 1. The van der Waals surface area contributed by atoms with E-state index < -0.39 is 11.7 Å². The molecule has 8 nitrogen and oxygen atoms in total. The number of hydrogen-bond donors (Lipinski definition) is 3. The Bertz CT molecular complexity index is 2620. The Balaban J connectivity index is 1.10. The van der Waals surface area contributed by atoms with Crippen LogP contribution in [0.5, 0.6) is 0 Å². The lowest BCUT2D eigenvalue weighted by Gasteiger charge is -2.27. The van der Waals surface area contributed by atoms with Gasteiger partial charge < -0.3 is 20.4 Å². The van der Waals surface area contributed by atoms with E-state index in [2.05, 4.69) is 125 Å². The van der Waals surface area contributed by atoms with Crippen LogP contribution in [0, 0.1) is 0 Å². The third kappa shape index (κ3) is 9.63. The van der Waals surface area contributed by atoms with E-state index in [0.717, 1.165) is 61.7 Å². The van der Waals surface area contributed by atoms with Crippen LogP contribution in [-0.4, -0.2) is 36.5 Å². The molecule has 4 N–H and O–H groups in total. The quantitative estimate of drug-likeness (QED) is 0.108. The summed E-state index contributed by atoms with van der Waals surface area (Å²) in [5.74, 6) is 1.31. The van der Waals surface area contributed by atoms with Crippen LogP contribution >= 0.6 is 0 Å². The van der Waals surface area contributed by atoms with Crippen LogP contribution in [0.4, 0.5) is 4.79 Å². The smallest absolute Gasteiger partial charge is 0.410 e. The highest BCUT2D eigenvalue weighted by atomic mass is 16.6. The van der Waals surface area contributed by atoms with E-state index in [1.54, 1.807) is 4.90 Å². The summed E-state index contributed by atoms with van der Waals surface area (Å²) < 4.78 is 5.81. The van der Waals surface area contributed by atoms with Crippen LogP contribution in [0.15, 0.2) is 176 Å². The molecule has 60 heavy (non-hydrogen) atoms. The van der Waals surface area contributed by atoms with E-state index in [4.69, 9.17) is 20.4 Å². The van der Waals surface area contributed by atoms with Crippen molar-refractivity contribution in [2.24, 2.45) is 5.73 Å². The predicted molar refractivity (Wildman–Crippen MR) is 241 cm³/mol. The molecular weight excluding hydrogens is 741 g/mol. The summed E-state index contributed by atoms with van der Waals surface area (Å²) >= 11 is 0. The number of aromatic nitrogens is 4. The molecule has 6 aromatic carbocycles. The molecule has 0 saturated heterocycles. The first kappa shape index (κ1) is 39.8. The van der Waals surface area contributed by atoms with Crippen molar-refractivity contribution >= 4 is 6.09 Å². The molecule has 0 fully saturated rings. The van der Waals surface area contributed by atoms with Crippen LogP contribution in [-0.2, 0) is 17.8 Å². The molecule has 0 saturated carbocycles. The Morgan fingerprint density at radius 3 is 1.85 bits per heavy atom. The second-order valence-corrected chi connectivity index (χ2v) is 16.1. The first-order valence-corrected chi connectivity index (χ1v) is 20.4. The van der Waals surface area contributed by atoms with E-state index >= 15 is 0 Å². The summed E-state index contributed by atoms with van der Waals surface area (Å²) in [6, 6.07) is 55.9. The second-order valence-electron chi connectivity index (χ2n) is 16.1. The number of carbonyl (C=O) groups is 1. The number of hydrogen-bond acceptors (Lipinski definition) is 5. The normalized spacial score (nSPS) is 12.5. The van der Waals surface area contributed by atoms with Gasteiger partial charge in [-0.1, -0.05) is 158 Å². The minimum atomic E-state index is -0.636. The van der Waals surface area contributed by atoms with E-state index in [0.29, 0.717) is 18.8 Å². The molecular formula is C52H50N6O2. The summed E-state index contributed by atoms with van der Waals surface area (Å²) in [6.07, 6.45) is 4.06. The van der Waals surface area contributed by atoms with Crippen molar-refractivity contribution in [3.63, 3.8) is 0 Å². The van der Waals surface area contributed by atoms with Crippen molar-refractivity contribution in [1.29, 1.82) is 0 Å². The van der Waals surface area contributed by atoms with Crippen LogP contribution in [0.3, 0.4) is 0 Å². The lowest BCUT2D eigenvalue weighted by Crippen LogP contribution is -2.36. The standard InChI is InChI=1S/C52H50N6O2/c1-52(2,3)60-51(59)58(34-36-16-8-4-9-17-36)35-49-54-32-48(56-49)42-28-29-43(39-20-12-6-13-21-39)45(30-42)44(40-22-14-7-15-23-40)31-46(53)50-55-33-47(57-50)41-26-24-38(25-27-41)37-18-10-5-11-19-37/h4-30,32-33,44,46H,31,34-35,53H2,1-3H3,(H,54,56)(H,55,57). The third-order valence-corrected chi connectivity index (χ3v) is 10.6. The highest BCUT2D eigenvalue weighted by molar-refractivity contribution is 5.74. The fourth-order valence-corrected chi connectivity index (χ4v) is 7.61. The molecule has 8 rings (SSSR count). The molecule has 0 aliphatic rings. The number of rotatable bonds is 13. The van der Waals surface area contributed by atoms with E-state index in [-0.39, 0.29) is 18.5 Å². The number of H-pyrrole nitrogens is 2. The van der Waals surface area contributed by atoms with Gasteiger partial charge in [-0.15, -0.1) is 0 Å². The number of nitrogens with one attached hydrogen (secondary N) is 2. The van der Waals surface area contributed by atoms with Gasteiger partial charge >= 0.3 is 6.09 Å². The topological polar surface area (TPSA) is 113 Å². The fourth-order valence-electron chi connectivity index (χ4n) is 7.61. The van der Waals surface area contributed by atoms with Gasteiger partial charge in [0.2, 0.25) is 0 Å². The van der Waals surface area contributed by atoms with E-state index in [1.165, 1.54) is 5.56 Å². The molecule has 300 valence electrons. The average Bonchev–Trinajstić information content (AvgIpc) is 3.97. The van der Waals surface area contributed by atoms with E-state index in [9.17, 15) is 4.79 Å². The summed E-state index contributed by atoms with van der Waals surface area (Å²) in [5, 5.41) is 0. The van der Waals surface area contributed by atoms with Crippen LogP contribution in [0.2, 0.25) is 0 Å². The SMILES string of the molecule is CC(C)(C)OC(=O)N(Cc1ccccc1)Cc1nc(-c2ccc(-c3ccccc3)c(C(CC(N)c3nc(-c4ccc(-c5ccccc5)cc4)c[nH]3)c3ccccc3)c2)c[nH]1. The number of imidazole rings is 2. The second kappa shape index (κ2) is 17.9. The van der Waals surface area contributed by atoms with Crippen molar-refractivity contribution in [2.45, 2.75) is 57.8 Å². The van der Waals surface area contributed by atoms with Gasteiger partial charge in [-0.3, -0.25) is 4.90 Å². The van der Waals surface area contributed by atoms with Gasteiger partial charge in [-0.05, 0) is 72.2 Å². The third-order valence-electron chi connectivity index (χ3n) is 10.6. The van der Waals surface area contributed by atoms with Crippen molar-refractivity contribution in [2.75, 3.05) is 0 Å². The molecule has 0 aliphatic heterocycles. The van der Waals surface area contributed by atoms with Crippen LogP contribution < -0.4 is 5.73 Å². The number of benzene rings is 6. The first-order chi connectivity index (χ1) is 29.2. The molecule has 8 aromatic rings. The highest BCUT2D eigenvalue weighted by Crippen LogP contribution is 2.40. The average molecular weight is 791 g/mol. The molecule has 0 radical (unpaired) electrons. The molecule has 1 amide bonds. The van der Waals surface area contributed by atoms with Gasteiger partial charge in [0.05, 0.1) is 24.0 Å². The zero-order valence-corrected chi connectivity index (χ0v) is 34.3. The zero-order chi connectivity index (χ0) is 41.5. The van der Waals surface area contributed by atoms with Crippen molar-refractivity contribution in [3.8, 4) is 44.8 Å². The summed E-state index contributed by atoms with van der Waals surface area (Å²) in [6.45, 7) is 6.27. The Kier molecular flexibility index (Phi) is 11.8. The fraction of sp³-hybridized carbons (Fsp3) is 0.173. The lowest BCUT2D eigenvalue weighted by molar-refractivity contribution is 0.0212. The molecule has 2 aromatic heterocycles. The molecule has 0 aliphatic carbocycles. The maximum atomic E-state index is 13.4. The Morgan fingerprint density at radius 2 is 1.18 bits per heavy atom. The summed E-state index contributed by atoms with van der Waals surface area (Å²) in [5.41, 5.74) is 17.9. The largest absolute Gasteiger partial charge is 0.444 e. The summed E-state index contributed by atoms with van der Waals surface area (Å²) in [7, 11) is 0. The first-order valence-electron chi connectivity index (χ1n) is 20.4. The van der Waals surface area contributed by atoms with Crippen molar-refractivity contribution in [3.05, 3.63) is 205 Å². The lowest BCUT2D eigenvalue weighted by atomic mass is 9.81. The van der Waals surface area contributed by atoms with Crippen molar-refractivity contribution in [1.82, 2.24) is 24.8 Å².